The highest BCUT2D eigenvalue weighted by Gasteiger charge is 2.61. The van der Waals surface area contributed by atoms with Crippen LogP contribution in [0.2, 0.25) is 0 Å². The third-order valence-electron chi connectivity index (χ3n) is 3.76. The Bertz CT molecular complexity index is 368. The molecule has 1 heterocycles. The molecule has 1 aliphatic heterocycles. The predicted octanol–water partition coefficient (Wildman–Crippen LogP) is 1.26. The summed E-state index contributed by atoms with van der Waals surface area (Å²) in [5, 5.41) is 9.02. The summed E-state index contributed by atoms with van der Waals surface area (Å²) in [6.07, 6.45) is -3.88. The van der Waals surface area contributed by atoms with Gasteiger partial charge in [0, 0.05) is 13.1 Å². The van der Waals surface area contributed by atoms with Crippen molar-refractivity contribution in [1.29, 1.82) is 0 Å². The molecular formula is C10H12F3NO3. The Balaban J connectivity index is 2.04. The Kier molecular flexibility index (Phi) is 2.59. The van der Waals surface area contributed by atoms with Crippen LogP contribution < -0.4 is 0 Å². The summed E-state index contributed by atoms with van der Waals surface area (Å²) in [7, 11) is 0. The van der Waals surface area contributed by atoms with E-state index in [1.165, 1.54) is 0 Å². The van der Waals surface area contributed by atoms with E-state index in [9.17, 15) is 22.8 Å². The minimum Gasteiger partial charge on any atom is -0.481 e. The molecular weight excluding hydrogens is 239 g/mol. The lowest BCUT2D eigenvalue weighted by Gasteiger charge is -2.22. The molecule has 1 aliphatic carbocycles. The standard InChI is InChI=1S/C10H12F3NO3/c11-10(12,13)7(15)14-3-1-6-5-9(6,2-4-14)8(16)17/h6H,1-5H2,(H,16,17). The van der Waals surface area contributed by atoms with Crippen molar-refractivity contribution >= 4 is 11.9 Å². The second-order valence-corrected chi connectivity index (χ2v) is 4.69. The highest BCUT2D eigenvalue weighted by Crippen LogP contribution is 2.58. The number of rotatable bonds is 1. The Morgan fingerprint density at radius 2 is 1.94 bits per heavy atom. The number of likely N-dealkylation sites (tertiary alicyclic amines) is 1. The maximum atomic E-state index is 12.2. The fourth-order valence-electron chi connectivity index (χ4n) is 2.57. The van der Waals surface area contributed by atoms with Crippen LogP contribution in [0.3, 0.4) is 0 Å². The van der Waals surface area contributed by atoms with Gasteiger partial charge < -0.3 is 10.0 Å². The number of carbonyl (C=O) groups excluding carboxylic acids is 1. The fraction of sp³-hybridized carbons (Fsp3) is 0.800. The number of fused-ring (bicyclic) bond motifs is 1. The lowest BCUT2D eigenvalue weighted by molar-refractivity contribution is -0.185. The lowest BCUT2D eigenvalue weighted by Crippen LogP contribution is -2.42. The molecule has 0 aromatic heterocycles. The Morgan fingerprint density at radius 1 is 1.29 bits per heavy atom. The SMILES string of the molecule is O=C(N1CCC2CC2(C(=O)O)CC1)C(F)(F)F. The average Bonchev–Trinajstić information content (AvgIpc) is 2.89. The molecule has 1 saturated heterocycles. The van der Waals surface area contributed by atoms with Crippen LogP contribution in [0.5, 0.6) is 0 Å². The molecule has 0 aromatic rings. The number of carbonyl (C=O) groups is 2. The molecule has 0 aromatic carbocycles. The predicted molar refractivity (Wildman–Crippen MR) is 50.0 cm³/mol. The molecule has 0 spiro atoms. The van der Waals surface area contributed by atoms with Crippen LogP contribution in [0.25, 0.3) is 0 Å². The molecule has 1 N–H and O–H groups in total. The van der Waals surface area contributed by atoms with E-state index in [0.29, 0.717) is 12.8 Å². The Hall–Kier alpha value is -1.27. The number of aliphatic carboxylic acids is 1. The van der Waals surface area contributed by atoms with Crippen molar-refractivity contribution in [3.8, 4) is 0 Å². The first-order valence-electron chi connectivity index (χ1n) is 5.37. The van der Waals surface area contributed by atoms with E-state index >= 15 is 0 Å². The monoisotopic (exact) mass is 251 g/mol. The van der Waals surface area contributed by atoms with Crippen LogP contribution in [0.15, 0.2) is 0 Å². The fourth-order valence-corrected chi connectivity index (χ4v) is 2.57. The van der Waals surface area contributed by atoms with Crippen molar-refractivity contribution in [3.63, 3.8) is 0 Å². The smallest absolute Gasteiger partial charge is 0.471 e. The van der Waals surface area contributed by atoms with E-state index in [2.05, 4.69) is 0 Å². The topological polar surface area (TPSA) is 57.6 Å². The lowest BCUT2D eigenvalue weighted by atomic mass is 9.99. The van der Waals surface area contributed by atoms with Gasteiger partial charge in [-0.3, -0.25) is 9.59 Å². The molecule has 2 fully saturated rings. The van der Waals surface area contributed by atoms with E-state index in [-0.39, 0.29) is 25.4 Å². The largest absolute Gasteiger partial charge is 0.481 e. The summed E-state index contributed by atoms with van der Waals surface area (Å²) in [6.45, 7) is -0.126. The molecule has 17 heavy (non-hydrogen) atoms. The van der Waals surface area contributed by atoms with E-state index in [0.717, 1.165) is 4.90 Å². The van der Waals surface area contributed by atoms with Gasteiger partial charge in [0.05, 0.1) is 5.41 Å². The highest BCUT2D eigenvalue weighted by molar-refractivity contribution is 5.82. The van der Waals surface area contributed by atoms with Gasteiger partial charge in [-0.15, -0.1) is 0 Å². The van der Waals surface area contributed by atoms with Crippen LogP contribution in [-0.2, 0) is 9.59 Å². The zero-order chi connectivity index (χ0) is 12.8. The maximum Gasteiger partial charge on any atom is 0.471 e. The summed E-state index contributed by atoms with van der Waals surface area (Å²) in [4.78, 5) is 22.8. The molecule has 2 unspecified atom stereocenters. The second kappa shape index (κ2) is 3.61. The Labute approximate surface area is 95.4 Å². The summed E-state index contributed by atoms with van der Waals surface area (Å²) in [5.74, 6) is -2.89. The Morgan fingerprint density at radius 3 is 2.47 bits per heavy atom. The van der Waals surface area contributed by atoms with Gasteiger partial charge in [0.1, 0.15) is 0 Å². The number of carboxylic acid groups (broad SMARTS) is 1. The van der Waals surface area contributed by atoms with Crippen molar-refractivity contribution < 1.29 is 27.9 Å². The minimum atomic E-state index is -4.87. The van der Waals surface area contributed by atoms with Crippen molar-refractivity contribution in [3.05, 3.63) is 0 Å². The van der Waals surface area contributed by atoms with Gasteiger partial charge in [0.25, 0.3) is 0 Å². The van der Waals surface area contributed by atoms with Gasteiger partial charge >= 0.3 is 18.1 Å². The molecule has 96 valence electrons. The van der Waals surface area contributed by atoms with Crippen molar-refractivity contribution in [2.45, 2.75) is 25.4 Å². The van der Waals surface area contributed by atoms with Crippen molar-refractivity contribution in [2.24, 2.45) is 11.3 Å². The molecule has 2 aliphatic rings. The van der Waals surface area contributed by atoms with Crippen molar-refractivity contribution in [1.82, 2.24) is 4.90 Å². The number of hydrogen-bond acceptors (Lipinski definition) is 2. The van der Waals surface area contributed by atoms with Gasteiger partial charge in [-0.05, 0) is 25.2 Å². The number of alkyl halides is 3. The average molecular weight is 251 g/mol. The third-order valence-corrected chi connectivity index (χ3v) is 3.76. The highest BCUT2D eigenvalue weighted by atomic mass is 19.4. The first-order valence-corrected chi connectivity index (χ1v) is 5.37. The van der Waals surface area contributed by atoms with E-state index < -0.39 is 23.5 Å². The molecule has 2 atom stereocenters. The number of nitrogens with zero attached hydrogens (tertiary/aromatic N) is 1. The van der Waals surface area contributed by atoms with Crippen LogP contribution >= 0.6 is 0 Å². The van der Waals surface area contributed by atoms with Crippen LogP contribution in [0.4, 0.5) is 13.2 Å². The molecule has 1 amide bonds. The van der Waals surface area contributed by atoms with Crippen LogP contribution in [-0.4, -0.2) is 41.1 Å². The molecule has 2 rings (SSSR count). The van der Waals surface area contributed by atoms with Gasteiger partial charge in [0.15, 0.2) is 0 Å². The summed E-state index contributed by atoms with van der Waals surface area (Å²) in [6, 6.07) is 0. The van der Waals surface area contributed by atoms with Gasteiger partial charge in [0.2, 0.25) is 0 Å². The van der Waals surface area contributed by atoms with E-state index in [1.54, 1.807) is 0 Å². The number of halogens is 3. The molecule has 1 saturated carbocycles. The maximum absolute atomic E-state index is 12.2. The summed E-state index contributed by atoms with van der Waals surface area (Å²) in [5.41, 5.74) is -0.874. The van der Waals surface area contributed by atoms with Gasteiger partial charge in [-0.1, -0.05) is 0 Å². The third kappa shape index (κ3) is 1.98. The minimum absolute atomic E-state index is 0.00194. The zero-order valence-corrected chi connectivity index (χ0v) is 8.96. The number of hydrogen-bond donors (Lipinski definition) is 1. The van der Waals surface area contributed by atoms with E-state index in [1.807, 2.05) is 0 Å². The first kappa shape index (κ1) is 12.2. The van der Waals surface area contributed by atoms with Crippen molar-refractivity contribution in [2.75, 3.05) is 13.1 Å². The second-order valence-electron chi connectivity index (χ2n) is 4.69. The van der Waals surface area contributed by atoms with Crippen LogP contribution in [0, 0.1) is 11.3 Å². The molecule has 7 heteroatoms. The summed E-state index contributed by atoms with van der Waals surface area (Å²) < 4.78 is 36.7. The van der Waals surface area contributed by atoms with E-state index in [4.69, 9.17) is 5.11 Å². The number of amides is 1. The summed E-state index contributed by atoms with van der Waals surface area (Å²) >= 11 is 0. The quantitative estimate of drug-likeness (QED) is 0.763. The zero-order valence-electron chi connectivity index (χ0n) is 8.96. The van der Waals surface area contributed by atoms with Crippen LogP contribution in [0.1, 0.15) is 19.3 Å². The molecule has 4 nitrogen and oxygen atoms in total. The number of carboxylic acids is 1. The first-order chi connectivity index (χ1) is 7.77. The van der Waals surface area contributed by atoms with Gasteiger partial charge in [-0.25, -0.2) is 0 Å². The molecule has 0 bridgehead atoms. The van der Waals surface area contributed by atoms with Gasteiger partial charge in [-0.2, -0.15) is 13.2 Å². The normalized spacial score (nSPS) is 32.6. The molecule has 0 radical (unpaired) electrons.